The smallest absolute Gasteiger partial charge is 0.417 e. The zero-order chi connectivity index (χ0) is 17.5. The molecule has 124 valence electrons. The minimum absolute atomic E-state index is 0.0171. The van der Waals surface area contributed by atoms with E-state index in [1.165, 1.54) is 19.2 Å². The van der Waals surface area contributed by atoms with Gasteiger partial charge in [-0.15, -0.1) is 0 Å². The Kier molecular flexibility index (Phi) is 3.75. The van der Waals surface area contributed by atoms with Crippen molar-refractivity contribution in [1.29, 1.82) is 0 Å². The second kappa shape index (κ2) is 5.63. The molecule has 2 aromatic carbocycles. The monoisotopic (exact) mass is 338 g/mol. The number of methoxy groups -OCH3 is 1. The Morgan fingerprint density at radius 2 is 1.83 bits per heavy atom. The van der Waals surface area contributed by atoms with Crippen LogP contribution in [0, 0.1) is 5.82 Å². The molecule has 1 aromatic heterocycles. The highest BCUT2D eigenvalue weighted by molar-refractivity contribution is 5.93. The van der Waals surface area contributed by atoms with E-state index in [1.54, 1.807) is 0 Å². The molecule has 8 heteroatoms. The van der Waals surface area contributed by atoms with Crippen LogP contribution < -0.4 is 10.3 Å². The van der Waals surface area contributed by atoms with Crippen molar-refractivity contribution in [3.05, 3.63) is 58.4 Å². The average molecular weight is 338 g/mol. The lowest BCUT2D eigenvalue weighted by Gasteiger charge is -2.17. The van der Waals surface area contributed by atoms with Crippen LogP contribution in [0.25, 0.3) is 22.0 Å². The molecule has 3 aromatic rings. The molecule has 0 spiro atoms. The van der Waals surface area contributed by atoms with Gasteiger partial charge in [0.15, 0.2) is 0 Å². The Balaban J connectivity index is 2.51. The number of alkyl halides is 3. The fraction of sp³-hybridized carbons (Fsp3) is 0.125. The van der Waals surface area contributed by atoms with Crippen molar-refractivity contribution in [2.75, 3.05) is 7.11 Å². The molecular weight excluding hydrogens is 328 g/mol. The summed E-state index contributed by atoms with van der Waals surface area (Å²) in [6.07, 6.45) is -3.81. The lowest BCUT2D eigenvalue weighted by molar-refractivity contribution is -0.135. The summed E-state index contributed by atoms with van der Waals surface area (Å²) in [7, 11) is 1.26. The first-order valence-corrected chi connectivity index (χ1v) is 6.74. The van der Waals surface area contributed by atoms with Crippen molar-refractivity contribution in [3.8, 4) is 16.9 Å². The first kappa shape index (κ1) is 16.0. The molecule has 0 bridgehead atoms. The van der Waals surface area contributed by atoms with Crippen molar-refractivity contribution in [2.24, 2.45) is 0 Å². The van der Waals surface area contributed by atoms with E-state index in [1.807, 2.05) is 0 Å². The molecule has 3 rings (SSSR count). The van der Waals surface area contributed by atoms with Crippen LogP contribution in [-0.4, -0.2) is 17.1 Å². The van der Waals surface area contributed by atoms with Gasteiger partial charge in [0.2, 0.25) is 0 Å². The van der Waals surface area contributed by atoms with E-state index in [0.29, 0.717) is 0 Å². The number of rotatable bonds is 2. The van der Waals surface area contributed by atoms with E-state index < -0.39 is 28.5 Å². The third kappa shape index (κ3) is 2.60. The number of benzene rings is 2. The van der Waals surface area contributed by atoms with Gasteiger partial charge in [0.05, 0.1) is 24.4 Å². The van der Waals surface area contributed by atoms with E-state index in [9.17, 15) is 22.4 Å². The van der Waals surface area contributed by atoms with Gasteiger partial charge in [0.25, 0.3) is 5.56 Å². The molecule has 0 saturated heterocycles. The fourth-order valence-corrected chi connectivity index (χ4v) is 2.53. The van der Waals surface area contributed by atoms with Crippen LogP contribution in [0.4, 0.5) is 17.6 Å². The van der Waals surface area contributed by atoms with Crippen molar-refractivity contribution >= 4 is 10.9 Å². The molecule has 1 N–H and O–H groups in total. The molecule has 4 nitrogen and oxygen atoms in total. The number of aromatic amines is 1. The summed E-state index contributed by atoms with van der Waals surface area (Å²) in [5.74, 6) is -0.567. The average Bonchev–Trinajstić information content (AvgIpc) is 2.53. The molecule has 24 heavy (non-hydrogen) atoms. The molecule has 0 aliphatic heterocycles. The van der Waals surface area contributed by atoms with Gasteiger partial charge < -0.3 is 9.72 Å². The highest BCUT2D eigenvalue weighted by Gasteiger charge is 2.38. The summed E-state index contributed by atoms with van der Waals surface area (Å²) >= 11 is 0. The van der Waals surface area contributed by atoms with Crippen molar-refractivity contribution in [3.63, 3.8) is 0 Å². The summed E-state index contributed by atoms with van der Waals surface area (Å²) in [4.78, 5) is 18.0. The van der Waals surface area contributed by atoms with E-state index in [0.717, 1.165) is 24.5 Å². The third-order valence-corrected chi connectivity index (χ3v) is 3.54. The quantitative estimate of drug-likeness (QED) is 0.724. The maximum absolute atomic E-state index is 13.7. The largest absolute Gasteiger partial charge is 0.494 e. The summed E-state index contributed by atoms with van der Waals surface area (Å²) in [5.41, 5.74) is -2.45. The Morgan fingerprint density at radius 1 is 1.17 bits per heavy atom. The van der Waals surface area contributed by atoms with Crippen molar-refractivity contribution in [1.82, 2.24) is 9.97 Å². The number of ether oxygens (including phenoxy) is 1. The molecule has 0 aliphatic rings. The second-order valence-corrected chi connectivity index (χ2v) is 4.96. The summed E-state index contributed by atoms with van der Waals surface area (Å²) in [5, 5.41) is -0.622. The van der Waals surface area contributed by atoms with Gasteiger partial charge in [-0.05, 0) is 29.3 Å². The maximum Gasteiger partial charge on any atom is 0.417 e. The Morgan fingerprint density at radius 3 is 2.42 bits per heavy atom. The van der Waals surface area contributed by atoms with E-state index in [2.05, 4.69) is 9.97 Å². The van der Waals surface area contributed by atoms with E-state index in [-0.39, 0.29) is 22.4 Å². The first-order valence-electron chi connectivity index (χ1n) is 6.74. The van der Waals surface area contributed by atoms with Crippen LogP contribution >= 0.6 is 0 Å². The zero-order valence-corrected chi connectivity index (χ0v) is 12.2. The number of aromatic nitrogens is 2. The zero-order valence-electron chi connectivity index (χ0n) is 12.2. The van der Waals surface area contributed by atoms with Crippen molar-refractivity contribution in [2.45, 2.75) is 6.18 Å². The van der Waals surface area contributed by atoms with Gasteiger partial charge in [-0.1, -0.05) is 12.1 Å². The van der Waals surface area contributed by atoms with E-state index >= 15 is 0 Å². The minimum Gasteiger partial charge on any atom is -0.494 e. The number of hydrogen-bond acceptors (Lipinski definition) is 3. The topological polar surface area (TPSA) is 55.0 Å². The molecular formula is C16H10F4N2O2. The molecule has 0 aliphatic carbocycles. The maximum atomic E-state index is 13.7. The third-order valence-electron chi connectivity index (χ3n) is 3.54. The number of halogens is 4. The number of hydrogen-bond donors (Lipinski definition) is 1. The van der Waals surface area contributed by atoms with Crippen LogP contribution in [0.2, 0.25) is 0 Å². The molecule has 0 saturated carbocycles. The highest BCUT2D eigenvalue weighted by Crippen LogP contribution is 2.43. The normalized spacial score (nSPS) is 11.7. The van der Waals surface area contributed by atoms with Crippen LogP contribution in [0.1, 0.15) is 5.56 Å². The number of fused-ring (bicyclic) bond motifs is 1. The summed E-state index contributed by atoms with van der Waals surface area (Å²) in [6, 6.07) is 5.63. The molecule has 0 unspecified atom stereocenters. The number of nitrogens with zero attached hydrogens (tertiary/aromatic N) is 1. The fourth-order valence-electron chi connectivity index (χ4n) is 2.53. The number of nitrogens with one attached hydrogen (secondary N) is 1. The lowest BCUT2D eigenvalue weighted by atomic mass is 9.95. The predicted molar refractivity (Wildman–Crippen MR) is 79.3 cm³/mol. The standard InChI is InChI=1S/C16H10F4N2O2/c1-24-11-6-10(8-2-4-9(17)5-3-8)13(16(18,19)20)12-14(11)21-7-22-15(12)23/h2-7H,1H3,(H,21,22,23). The van der Waals surface area contributed by atoms with Crippen LogP contribution in [0.5, 0.6) is 5.75 Å². The number of H-pyrrole nitrogens is 1. The van der Waals surface area contributed by atoms with Gasteiger partial charge >= 0.3 is 6.18 Å². The minimum atomic E-state index is -4.82. The van der Waals surface area contributed by atoms with Crippen LogP contribution in [0.15, 0.2) is 41.5 Å². The van der Waals surface area contributed by atoms with Gasteiger partial charge in [0, 0.05) is 0 Å². The predicted octanol–water partition coefficient (Wildman–Crippen LogP) is 3.76. The highest BCUT2D eigenvalue weighted by atomic mass is 19.4. The molecule has 1 heterocycles. The SMILES string of the molecule is COc1cc(-c2ccc(F)cc2)c(C(F)(F)F)c2c(=O)[nH]cnc12. The summed E-state index contributed by atoms with van der Waals surface area (Å²) in [6.45, 7) is 0. The Bertz CT molecular complexity index is 963. The van der Waals surface area contributed by atoms with Gasteiger partial charge in [-0.25, -0.2) is 9.37 Å². The van der Waals surface area contributed by atoms with Gasteiger partial charge in [0.1, 0.15) is 17.1 Å². The van der Waals surface area contributed by atoms with E-state index in [4.69, 9.17) is 4.74 Å². The van der Waals surface area contributed by atoms with Crippen LogP contribution in [0.3, 0.4) is 0 Å². The lowest BCUT2D eigenvalue weighted by Crippen LogP contribution is -2.17. The Labute approximate surface area is 132 Å². The summed E-state index contributed by atoms with van der Waals surface area (Å²) < 4.78 is 59.2. The Hall–Kier alpha value is -2.90. The van der Waals surface area contributed by atoms with Gasteiger partial charge in [-0.2, -0.15) is 13.2 Å². The molecule has 0 fully saturated rings. The molecule has 0 amide bonds. The van der Waals surface area contributed by atoms with Gasteiger partial charge in [-0.3, -0.25) is 4.79 Å². The second-order valence-electron chi connectivity index (χ2n) is 4.96. The van der Waals surface area contributed by atoms with Crippen LogP contribution in [-0.2, 0) is 6.18 Å². The first-order chi connectivity index (χ1) is 11.3. The molecule has 0 radical (unpaired) electrons. The van der Waals surface area contributed by atoms with Crippen molar-refractivity contribution < 1.29 is 22.3 Å². The molecule has 0 atom stereocenters.